The number of hydrogen-bond acceptors (Lipinski definition) is 4. The second kappa shape index (κ2) is 8.25. The van der Waals surface area contributed by atoms with Crippen molar-refractivity contribution < 1.29 is 4.74 Å². The van der Waals surface area contributed by atoms with Crippen LogP contribution in [0.25, 0.3) is 0 Å². The van der Waals surface area contributed by atoms with Gasteiger partial charge in [0.1, 0.15) is 0 Å². The van der Waals surface area contributed by atoms with E-state index in [-0.39, 0.29) is 12.1 Å². The Hall–Kier alpha value is -1.10. The van der Waals surface area contributed by atoms with Crippen molar-refractivity contribution in [1.29, 1.82) is 0 Å². The van der Waals surface area contributed by atoms with E-state index in [0.717, 1.165) is 13.2 Å². The van der Waals surface area contributed by atoms with Gasteiger partial charge in [-0.25, -0.2) is 0 Å². The molecule has 0 saturated heterocycles. The van der Waals surface area contributed by atoms with E-state index in [9.17, 15) is 0 Å². The van der Waals surface area contributed by atoms with Crippen LogP contribution in [0.5, 0.6) is 0 Å². The lowest BCUT2D eigenvalue weighted by atomic mass is 10.1. The zero-order valence-electron chi connectivity index (χ0n) is 13.5. The molecule has 0 aromatic heterocycles. The predicted octanol–water partition coefficient (Wildman–Crippen LogP) is 2.11. The van der Waals surface area contributed by atoms with Crippen LogP contribution >= 0.6 is 0 Å². The van der Waals surface area contributed by atoms with Gasteiger partial charge >= 0.3 is 0 Å². The molecule has 0 radical (unpaired) electrons. The van der Waals surface area contributed by atoms with Crippen molar-refractivity contribution in [2.24, 2.45) is 5.73 Å². The highest BCUT2D eigenvalue weighted by atomic mass is 16.5. The summed E-state index contributed by atoms with van der Waals surface area (Å²) < 4.78 is 5.60. The molecular weight excluding hydrogens is 250 g/mol. The van der Waals surface area contributed by atoms with Crippen LogP contribution in [0.1, 0.15) is 25.5 Å². The lowest BCUT2D eigenvalue weighted by molar-refractivity contribution is 0.0564. The molecule has 1 aromatic carbocycles. The standard InChI is InChI=1S/C16H29N3O/c1-13(2)20-11-10-19(5)16(12-17)14-6-8-15(9-7-14)18(3)4/h6-9,13,16H,10-12,17H2,1-5H3. The van der Waals surface area contributed by atoms with Gasteiger partial charge in [0, 0.05) is 38.9 Å². The molecule has 0 amide bonds. The van der Waals surface area contributed by atoms with Crippen LogP contribution in [0, 0.1) is 0 Å². The minimum atomic E-state index is 0.238. The van der Waals surface area contributed by atoms with Gasteiger partial charge in [0.25, 0.3) is 0 Å². The topological polar surface area (TPSA) is 41.7 Å². The van der Waals surface area contributed by atoms with Gasteiger partial charge in [-0.3, -0.25) is 4.90 Å². The lowest BCUT2D eigenvalue weighted by Gasteiger charge is -2.28. The van der Waals surface area contributed by atoms with Gasteiger partial charge in [-0.15, -0.1) is 0 Å². The third kappa shape index (κ3) is 5.12. The molecule has 0 saturated carbocycles. The molecule has 1 unspecified atom stereocenters. The lowest BCUT2D eigenvalue weighted by Crippen LogP contribution is -2.33. The summed E-state index contributed by atoms with van der Waals surface area (Å²) in [5, 5.41) is 0. The molecule has 2 N–H and O–H groups in total. The second-order valence-electron chi connectivity index (χ2n) is 5.64. The molecule has 0 bridgehead atoms. The van der Waals surface area contributed by atoms with Crippen LogP contribution in [-0.2, 0) is 4.74 Å². The van der Waals surface area contributed by atoms with Crippen LogP contribution < -0.4 is 10.6 Å². The van der Waals surface area contributed by atoms with E-state index < -0.39 is 0 Å². The molecule has 20 heavy (non-hydrogen) atoms. The average molecular weight is 279 g/mol. The van der Waals surface area contributed by atoms with E-state index in [0.29, 0.717) is 6.54 Å². The van der Waals surface area contributed by atoms with E-state index in [1.165, 1.54) is 11.3 Å². The van der Waals surface area contributed by atoms with Crippen LogP contribution in [0.2, 0.25) is 0 Å². The first kappa shape index (κ1) is 17.0. The van der Waals surface area contributed by atoms with Gasteiger partial charge in [-0.2, -0.15) is 0 Å². The Morgan fingerprint density at radius 3 is 2.15 bits per heavy atom. The average Bonchev–Trinajstić information content (AvgIpc) is 2.39. The molecule has 0 fully saturated rings. The molecule has 1 rings (SSSR count). The molecule has 0 aliphatic carbocycles. The Labute approximate surface area is 123 Å². The summed E-state index contributed by atoms with van der Waals surface area (Å²) in [6.45, 7) is 6.34. The number of hydrogen-bond donors (Lipinski definition) is 1. The first-order valence-electron chi connectivity index (χ1n) is 7.25. The summed E-state index contributed by atoms with van der Waals surface area (Å²) in [6.07, 6.45) is 0.277. The summed E-state index contributed by atoms with van der Waals surface area (Å²) >= 11 is 0. The highest BCUT2D eigenvalue weighted by Crippen LogP contribution is 2.21. The molecule has 0 heterocycles. The quantitative estimate of drug-likeness (QED) is 0.791. The highest BCUT2D eigenvalue weighted by molar-refractivity contribution is 5.46. The van der Waals surface area contributed by atoms with Crippen molar-refractivity contribution in [1.82, 2.24) is 4.90 Å². The first-order valence-corrected chi connectivity index (χ1v) is 7.25. The SMILES string of the molecule is CC(C)OCCN(C)C(CN)c1ccc(N(C)C)cc1. The van der Waals surface area contributed by atoms with Crippen molar-refractivity contribution in [3.63, 3.8) is 0 Å². The second-order valence-corrected chi connectivity index (χ2v) is 5.64. The van der Waals surface area contributed by atoms with Crippen LogP contribution in [0.3, 0.4) is 0 Å². The van der Waals surface area contributed by atoms with E-state index >= 15 is 0 Å². The van der Waals surface area contributed by atoms with E-state index in [4.69, 9.17) is 10.5 Å². The third-order valence-corrected chi connectivity index (χ3v) is 3.44. The number of rotatable bonds is 8. The van der Waals surface area contributed by atoms with E-state index in [1.807, 2.05) is 14.1 Å². The number of nitrogens with two attached hydrogens (primary N) is 1. The smallest absolute Gasteiger partial charge is 0.0597 e. The van der Waals surface area contributed by atoms with Crippen molar-refractivity contribution >= 4 is 5.69 Å². The summed E-state index contributed by atoms with van der Waals surface area (Å²) in [6, 6.07) is 8.83. The van der Waals surface area contributed by atoms with Gasteiger partial charge in [-0.05, 0) is 38.6 Å². The molecule has 0 aliphatic heterocycles. The zero-order chi connectivity index (χ0) is 15.1. The molecule has 0 spiro atoms. The third-order valence-electron chi connectivity index (χ3n) is 3.44. The van der Waals surface area contributed by atoms with Crippen LogP contribution in [-0.4, -0.2) is 51.8 Å². The van der Waals surface area contributed by atoms with E-state index in [2.05, 4.69) is 55.0 Å². The summed E-state index contributed by atoms with van der Waals surface area (Å²) in [7, 11) is 6.19. The molecule has 1 aromatic rings. The van der Waals surface area contributed by atoms with Crippen LogP contribution in [0.15, 0.2) is 24.3 Å². The van der Waals surface area contributed by atoms with Gasteiger partial charge in [0.15, 0.2) is 0 Å². The minimum absolute atomic E-state index is 0.238. The van der Waals surface area contributed by atoms with Gasteiger partial charge in [-0.1, -0.05) is 12.1 Å². The fraction of sp³-hybridized carbons (Fsp3) is 0.625. The summed E-state index contributed by atoms with van der Waals surface area (Å²) in [5.74, 6) is 0. The zero-order valence-corrected chi connectivity index (χ0v) is 13.5. The van der Waals surface area contributed by atoms with Crippen LogP contribution in [0.4, 0.5) is 5.69 Å². The monoisotopic (exact) mass is 279 g/mol. The number of likely N-dealkylation sites (N-methyl/N-ethyl adjacent to an activating group) is 1. The maximum absolute atomic E-state index is 5.94. The Morgan fingerprint density at radius 2 is 1.70 bits per heavy atom. The van der Waals surface area contributed by atoms with Crippen molar-refractivity contribution in [3.05, 3.63) is 29.8 Å². The number of ether oxygens (including phenoxy) is 1. The minimum Gasteiger partial charge on any atom is -0.378 e. The Kier molecular flexibility index (Phi) is 6.99. The van der Waals surface area contributed by atoms with Crippen molar-refractivity contribution in [3.8, 4) is 0 Å². The molecule has 0 aliphatic rings. The molecule has 1 atom stereocenters. The van der Waals surface area contributed by atoms with Gasteiger partial charge < -0.3 is 15.4 Å². The van der Waals surface area contributed by atoms with Gasteiger partial charge in [0.2, 0.25) is 0 Å². The Bertz CT molecular complexity index is 376. The normalized spacial score (nSPS) is 13.0. The Balaban J connectivity index is 2.64. The van der Waals surface area contributed by atoms with Crippen molar-refractivity contribution in [2.45, 2.75) is 26.0 Å². The van der Waals surface area contributed by atoms with Gasteiger partial charge in [0.05, 0.1) is 12.7 Å². The largest absolute Gasteiger partial charge is 0.378 e. The maximum Gasteiger partial charge on any atom is 0.0597 e. The Morgan fingerprint density at radius 1 is 1.10 bits per heavy atom. The van der Waals surface area contributed by atoms with E-state index in [1.54, 1.807) is 0 Å². The summed E-state index contributed by atoms with van der Waals surface area (Å²) in [4.78, 5) is 4.36. The maximum atomic E-state index is 5.94. The molecular formula is C16H29N3O. The van der Waals surface area contributed by atoms with Crippen molar-refractivity contribution in [2.75, 3.05) is 45.7 Å². The molecule has 4 nitrogen and oxygen atoms in total. The highest BCUT2D eigenvalue weighted by Gasteiger charge is 2.15. The first-order chi connectivity index (χ1) is 9.45. The molecule has 4 heteroatoms. The molecule has 114 valence electrons. The number of anilines is 1. The number of benzene rings is 1. The number of nitrogens with zero attached hydrogens (tertiary/aromatic N) is 2. The summed E-state index contributed by atoms with van der Waals surface area (Å²) in [5.41, 5.74) is 8.40. The fourth-order valence-electron chi connectivity index (χ4n) is 2.15. The fourth-order valence-corrected chi connectivity index (χ4v) is 2.15. The predicted molar refractivity (Wildman–Crippen MR) is 86.3 cm³/mol.